The van der Waals surface area contributed by atoms with Gasteiger partial charge in [0.1, 0.15) is 0 Å². The molecule has 144 heavy (non-hydrogen) atoms. The van der Waals surface area contributed by atoms with Gasteiger partial charge in [-0.2, -0.15) is 0 Å². The third kappa shape index (κ3) is 15.8. The summed E-state index contributed by atoms with van der Waals surface area (Å²) in [5, 5.41) is 28.4. The largest absolute Gasteiger partial charge is 0.310 e. The standard InChI is InChI=1S/C138H102N2Si4/c1-13-49-111(50-14-1)141(112-51-15-2-16-52-112,113-53-17-3-18-54-113)123-95-91-109(92-96-123)139(137-81-43-41-75-127(137)105-47-45-73-125(99-105)143(117-61-25-7-26-62-117,118-63-27-8-28-64-118)119-65-29-9-30-66-119)107-87-83-103(84-88-107)133-101-135-132-80-40-38-78-130(132)134(102-136(135)131-79-39-37-77-129(131)133)104-85-89-108(90-86-104)140(110-93-97-124(98-94-110)142(114-55-19-4-20-56-114,115-57-21-5-22-58-115)116-59-23-6-24-60-116)138-82-44-42-76-128(138)106-48-46-74-126(100-106)144(120-67-31-10-32-68-120,121-69-33-11-34-70-121)122-71-35-12-36-72-122/h1-102H. The van der Waals surface area contributed by atoms with Crippen molar-refractivity contribution in [2.75, 3.05) is 9.80 Å². The second-order valence-corrected chi connectivity index (χ2v) is 52.7. The van der Waals surface area contributed by atoms with E-state index in [2.05, 4.69) is 629 Å². The highest BCUT2D eigenvalue weighted by Crippen LogP contribution is 2.47. The van der Waals surface area contributed by atoms with Crippen LogP contribution < -0.4 is 92.8 Å². The Labute approximate surface area is 848 Å². The van der Waals surface area contributed by atoms with E-state index in [0.717, 1.165) is 67.5 Å². The normalized spacial score (nSPS) is 11.8. The third-order valence-corrected chi connectivity index (χ3v) is 49.0. The molecule has 0 aliphatic rings. The summed E-state index contributed by atoms with van der Waals surface area (Å²) in [6, 6.07) is 234. The van der Waals surface area contributed by atoms with Gasteiger partial charge >= 0.3 is 0 Å². The summed E-state index contributed by atoms with van der Waals surface area (Å²) < 4.78 is 0. The predicted octanol–water partition coefficient (Wildman–Crippen LogP) is 24.3. The molecule has 24 aromatic rings. The first kappa shape index (κ1) is 89.2. The van der Waals surface area contributed by atoms with Crippen LogP contribution in [0.15, 0.2) is 619 Å². The zero-order chi connectivity index (χ0) is 96.1. The number of rotatable bonds is 26. The lowest BCUT2D eigenvalue weighted by Crippen LogP contribution is -2.74. The lowest BCUT2D eigenvalue weighted by molar-refractivity contribution is 1.29. The van der Waals surface area contributed by atoms with Gasteiger partial charge < -0.3 is 9.80 Å². The zero-order valence-corrected chi connectivity index (χ0v) is 83.8. The van der Waals surface area contributed by atoms with Gasteiger partial charge in [-0.05, 0) is 221 Å². The quantitative estimate of drug-likeness (QED) is 0.0303. The van der Waals surface area contributed by atoms with Crippen molar-refractivity contribution in [3.63, 3.8) is 0 Å². The summed E-state index contributed by atoms with van der Waals surface area (Å²) in [4.78, 5) is 5.01. The minimum atomic E-state index is -2.95. The van der Waals surface area contributed by atoms with Crippen molar-refractivity contribution in [2.45, 2.75) is 0 Å². The molecular weight excluding hydrogens is 1800 g/mol. The molecule has 24 aromatic carbocycles. The highest BCUT2D eigenvalue weighted by Gasteiger charge is 2.46. The fourth-order valence-electron chi connectivity index (χ4n) is 23.5. The molecule has 0 amide bonds. The Kier molecular flexibility index (Phi) is 24.3. The molecule has 0 aliphatic carbocycles. The number of hydrogen-bond acceptors (Lipinski definition) is 2. The first-order valence-electron chi connectivity index (χ1n) is 49.9. The highest BCUT2D eigenvalue weighted by molar-refractivity contribution is 7.22. The fourth-order valence-corrected chi connectivity index (χ4v) is 42.6. The van der Waals surface area contributed by atoms with Gasteiger partial charge in [0.15, 0.2) is 32.3 Å². The maximum absolute atomic E-state index is 2.95. The van der Waals surface area contributed by atoms with Crippen LogP contribution in [-0.4, -0.2) is 32.3 Å². The van der Waals surface area contributed by atoms with Gasteiger partial charge in [-0.3, -0.25) is 0 Å². The molecule has 6 heteroatoms. The molecule has 24 rings (SSSR count). The van der Waals surface area contributed by atoms with E-state index in [9.17, 15) is 0 Å². The minimum Gasteiger partial charge on any atom is -0.310 e. The van der Waals surface area contributed by atoms with E-state index < -0.39 is 32.3 Å². The maximum Gasteiger partial charge on any atom is 0.179 e. The summed E-state index contributed by atoms with van der Waals surface area (Å²) in [5.41, 5.74) is 15.5. The Morgan fingerprint density at radius 3 is 0.521 bits per heavy atom. The SMILES string of the molecule is c1ccc([Si](c2ccccc2)(c2ccccc2)c2ccc(N(c3ccc(-c4cc5c6ccccc6c(-c6ccc(N(c7ccc([Si](c8ccccc8)(c8ccccc8)c8ccccc8)cc7)c7ccccc7-c7cccc([Si](c8ccccc8)(c8ccccc8)c8ccccc8)c7)cc6)cc5c5ccccc45)cc3)c3ccccc3-c3cccc([Si](c4ccccc4)(c4ccccc4)c4ccccc4)c3)cc2)cc1. The molecule has 0 spiro atoms. The van der Waals surface area contributed by atoms with Crippen molar-refractivity contribution < 1.29 is 0 Å². The van der Waals surface area contributed by atoms with Crippen LogP contribution in [0.25, 0.3) is 76.8 Å². The van der Waals surface area contributed by atoms with Crippen LogP contribution >= 0.6 is 0 Å². The van der Waals surface area contributed by atoms with E-state index >= 15 is 0 Å². The Morgan fingerprint density at radius 2 is 0.285 bits per heavy atom. The molecule has 0 heterocycles. The number of hydrogen-bond donors (Lipinski definition) is 0. The van der Waals surface area contributed by atoms with E-state index in [4.69, 9.17) is 0 Å². The lowest BCUT2D eigenvalue weighted by atomic mass is 9.87. The van der Waals surface area contributed by atoms with Gasteiger partial charge in [-0.15, -0.1) is 0 Å². The molecule has 0 bridgehead atoms. The first-order valence-corrected chi connectivity index (χ1v) is 57.9. The molecule has 2 nitrogen and oxygen atoms in total. The molecule has 0 fully saturated rings. The fraction of sp³-hybridized carbons (Fsp3) is 0. The van der Waals surface area contributed by atoms with Crippen molar-refractivity contribution in [3.8, 4) is 44.5 Å². The predicted molar refractivity (Wildman–Crippen MR) is 625 cm³/mol. The Hall–Kier alpha value is -17.5. The monoisotopic (exact) mass is 1900 g/mol. The number of fused-ring (bicyclic) bond motifs is 5. The smallest absolute Gasteiger partial charge is 0.179 e. The second kappa shape index (κ2) is 39.3. The maximum atomic E-state index is 2.51. The van der Waals surface area contributed by atoms with Crippen molar-refractivity contribution in [2.24, 2.45) is 0 Å². The number of para-hydroxylation sites is 2. The molecule has 0 saturated carbocycles. The minimum absolute atomic E-state index is 1.04. The van der Waals surface area contributed by atoms with E-state index in [1.165, 1.54) is 126 Å². The van der Waals surface area contributed by atoms with Gasteiger partial charge in [0.25, 0.3) is 0 Å². The van der Waals surface area contributed by atoms with Crippen LogP contribution in [-0.2, 0) is 0 Å². The van der Waals surface area contributed by atoms with Gasteiger partial charge in [0.2, 0.25) is 0 Å². The lowest BCUT2D eigenvalue weighted by Gasteiger charge is -2.35. The summed E-state index contributed by atoms with van der Waals surface area (Å²) in [6.07, 6.45) is 0. The van der Waals surface area contributed by atoms with Gasteiger partial charge in [-0.1, -0.05) is 546 Å². The molecule has 0 aliphatic heterocycles. The van der Waals surface area contributed by atoms with Crippen molar-refractivity contribution in [3.05, 3.63) is 619 Å². The molecule has 0 unspecified atom stereocenters. The van der Waals surface area contributed by atoms with E-state index in [-0.39, 0.29) is 0 Å². The van der Waals surface area contributed by atoms with Crippen LogP contribution in [0.4, 0.5) is 34.1 Å². The number of benzene rings is 24. The summed E-state index contributed by atoms with van der Waals surface area (Å²) in [5.74, 6) is 0. The number of nitrogens with zero attached hydrogens (tertiary/aromatic N) is 2. The summed E-state index contributed by atoms with van der Waals surface area (Å²) >= 11 is 0. The van der Waals surface area contributed by atoms with Crippen molar-refractivity contribution in [1.82, 2.24) is 0 Å². The third-order valence-electron chi connectivity index (χ3n) is 29.9. The molecule has 0 radical (unpaired) electrons. The zero-order valence-electron chi connectivity index (χ0n) is 79.8. The average Bonchev–Trinajstić information content (AvgIpc) is 0.750. The topological polar surface area (TPSA) is 6.48 Å². The summed E-state index contributed by atoms with van der Waals surface area (Å²) in [6.45, 7) is 0. The molecule has 0 N–H and O–H groups in total. The molecule has 0 atom stereocenters. The van der Waals surface area contributed by atoms with Gasteiger partial charge in [0, 0.05) is 33.9 Å². The first-order chi connectivity index (χ1) is 71.4. The Morgan fingerprint density at radius 1 is 0.104 bits per heavy atom. The van der Waals surface area contributed by atoms with Crippen molar-refractivity contribution in [1.29, 1.82) is 0 Å². The van der Waals surface area contributed by atoms with E-state index in [1.54, 1.807) is 0 Å². The Balaban J connectivity index is 0.642. The molecule has 0 saturated heterocycles. The van der Waals surface area contributed by atoms with Crippen LogP contribution in [0.3, 0.4) is 0 Å². The second-order valence-electron chi connectivity index (χ2n) is 37.5. The molecule has 0 aromatic heterocycles. The molecule has 680 valence electrons. The van der Waals surface area contributed by atoms with Gasteiger partial charge in [-0.25, -0.2) is 0 Å². The average molecular weight is 1900 g/mol. The summed E-state index contributed by atoms with van der Waals surface area (Å²) in [7, 11) is -11.7. The van der Waals surface area contributed by atoms with E-state index in [1.807, 2.05) is 0 Å². The van der Waals surface area contributed by atoms with E-state index in [0.29, 0.717) is 0 Å². The van der Waals surface area contributed by atoms with Crippen LogP contribution in [0, 0.1) is 0 Å². The number of anilines is 6. The van der Waals surface area contributed by atoms with Crippen LogP contribution in [0.5, 0.6) is 0 Å². The Bertz CT molecular complexity index is 7710. The van der Waals surface area contributed by atoms with Crippen LogP contribution in [0.2, 0.25) is 0 Å². The highest BCUT2D eigenvalue weighted by atomic mass is 28.3. The van der Waals surface area contributed by atoms with Crippen LogP contribution in [0.1, 0.15) is 0 Å². The van der Waals surface area contributed by atoms with Gasteiger partial charge in [0.05, 0.1) is 11.4 Å². The molecular formula is C138H102N2Si4. The van der Waals surface area contributed by atoms with Crippen molar-refractivity contribution >= 4 is 182 Å².